The zero-order valence-corrected chi connectivity index (χ0v) is 35.5. The SMILES string of the molecule is CC1(C)c2ccccc2-c2cccc(-c3cc(-c4ccccc4)cc(-c4nc(-c5ccccc5)nc(-c5ccc6c(c5)oc5cccc(-c7cccc(-c8ccccc8)c7)c56)n4)c3)c21. The van der Waals surface area contributed by atoms with Crippen LogP contribution in [0.4, 0.5) is 0 Å². The van der Waals surface area contributed by atoms with Gasteiger partial charge in [0.25, 0.3) is 0 Å². The number of nitrogens with zero attached hydrogens (tertiary/aromatic N) is 3. The summed E-state index contributed by atoms with van der Waals surface area (Å²) < 4.78 is 6.66. The van der Waals surface area contributed by atoms with Crippen LogP contribution >= 0.6 is 0 Å². The first-order valence-corrected chi connectivity index (χ1v) is 21.8. The summed E-state index contributed by atoms with van der Waals surface area (Å²) in [6.07, 6.45) is 0. The van der Waals surface area contributed by atoms with Crippen molar-refractivity contribution in [3.05, 3.63) is 223 Å². The Balaban J connectivity index is 1.02. The van der Waals surface area contributed by atoms with Crippen molar-refractivity contribution in [1.82, 2.24) is 15.0 Å². The number of fused-ring (bicyclic) bond motifs is 6. The Morgan fingerprint density at radius 3 is 1.61 bits per heavy atom. The number of furan rings is 1. The zero-order valence-electron chi connectivity index (χ0n) is 35.5. The molecule has 0 amide bonds. The molecule has 4 nitrogen and oxygen atoms in total. The maximum absolute atomic E-state index is 6.66. The van der Waals surface area contributed by atoms with E-state index in [4.69, 9.17) is 19.4 Å². The lowest BCUT2D eigenvalue weighted by Crippen LogP contribution is -2.16. The van der Waals surface area contributed by atoms with Gasteiger partial charge in [-0.15, -0.1) is 0 Å². The lowest BCUT2D eigenvalue weighted by molar-refractivity contribution is 0.662. The summed E-state index contributed by atoms with van der Waals surface area (Å²) in [7, 11) is 0. The van der Waals surface area contributed by atoms with E-state index in [0.29, 0.717) is 17.5 Å². The van der Waals surface area contributed by atoms with E-state index in [9.17, 15) is 0 Å². The average Bonchev–Trinajstić information content (AvgIpc) is 3.86. The van der Waals surface area contributed by atoms with E-state index >= 15 is 0 Å². The Morgan fingerprint density at radius 1 is 0.328 bits per heavy atom. The molecular formula is C60H41N3O. The monoisotopic (exact) mass is 819 g/mol. The summed E-state index contributed by atoms with van der Waals surface area (Å²) in [4.78, 5) is 15.7. The second-order valence-electron chi connectivity index (χ2n) is 17.2. The van der Waals surface area contributed by atoms with Gasteiger partial charge in [0.1, 0.15) is 11.2 Å². The van der Waals surface area contributed by atoms with Crippen LogP contribution in [0, 0.1) is 0 Å². The van der Waals surface area contributed by atoms with Gasteiger partial charge in [-0.3, -0.25) is 0 Å². The summed E-state index contributed by atoms with van der Waals surface area (Å²) in [6.45, 7) is 4.69. The second-order valence-corrected chi connectivity index (χ2v) is 17.2. The van der Waals surface area contributed by atoms with Crippen molar-refractivity contribution in [2.75, 3.05) is 0 Å². The molecule has 0 unspecified atom stereocenters. The quantitative estimate of drug-likeness (QED) is 0.161. The molecule has 0 saturated carbocycles. The minimum atomic E-state index is -0.186. The summed E-state index contributed by atoms with van der Waals surface area (Å²) in [6, 6.07) is 75.0. The van der Waals surface area contributed by atoms with Gasteiger partial charge in [-0.1, -0.05) is 184 Å². The van der Waals surface area contributed by atoms with Crippen molar-refractivity contribution in [2.24, 2.45) is 0 Å². The Morgan fingerprint density at radius 2 is 0.844 bits per heavy atom. The van der Waals surface area contributed by atoms with E-state index in [2.05, 4.69) is 202 Å². The molecule has 64 heavy (non-hydrogen) atoms. The molecule has 4 heteroatoms. The zero-order chi connectivity index (χ0) is 42.8. The molecule has 0 bridgehead atoms. The first kappa shape index (κ1) is 37.5. The fraction of sp³-hybridized carbons (Fsp3) is 0.0500. The Bertz CT molecular complexity index is 3570. The third-order valence-electron chi connectivity index (χ3n) is 12.9. The van der Waals surface area contributed by atoms with E-state index < -0.39 is 0 Å². The van der Waals surface area contributed by atoms with Gasteiger partial charge < -0.3 is 4.42 Å². The minimum Gasteiger partial charge on any atom is -0.456 e. The number of rotatable bonds is 7. The molecule has 0 saturated heterocycles. The molecule has 1 aliphatic rings. The van der Waals surface area contributed by atoms with Crippen molar-refractivity contribution in [2.45, 2.75) is 19.3 Å². The number of aromatic nitrogens is 3. The normalized spacial score (nSPS) is 12.7. The smallest absolute Gasteiger partial charge is 0.164 e. The molecule has 0 radical (unpaired) electrons. The largest absolute Gasteiger partial charge is 0.456 e. The fourth-order valence-electron chi connectivity index (χ4n) is 9.85. The first-order chi connectivity index (χ1) is 31.5. The maximum Gasteiger partial charge on any atom is 0.164 e. The van der Waals surface area contributed by atoms with E-state index in [1.54, 1.807) is 0 Å². The van der Waals surface area contributed by atoms with Crippen molar-refractivity contribution in [3.8, 4) is 89.8 Å². The molecule has 0 aliphatic heterocycles. The van der Waals surface area contributed by atoms with Gasteiger partial charge in [0.2, 0.25) is 0 Å². The molecular weight excluding hydrogens is 779 g/mol. The first-order valence-electron chi connectivity index (χ1n) is 21.8. The van der Waals surface area contributed by atoms with Gasteiger partial charge >= 0.3 is 0 Å². The van der Waals surface area contributed by atoms with Crippen LogP contribution in [-0.4, -0.2) is 15.0 Å². The van der Waals surface area contributed by atoms with Crippen LogP contribution in [0.1, 0.15) is 25.0 Å². The average molecular weight is 820 g/mol. The van der Waals surface area contributed by atoms with Crippen LogP contribution in [0.15, 0.2) is 217 Å². The van der Waals surface area contributed by atoms with Crippen LogP contribution in [-0.2, 0) is 5.41 Å². The van der Waals surface area contributed by atoms with E-state index in [0.717, 1.165) is 66.4 Å². The molecule has 0 atom stereocenters. The Hall–Kier alpha value is -8.21. The second kappa shape index (κ2) is 15.0. The van der Waals surface area contributed by atoms with Crippen LogP contribution in [0.5, 0.6) is 0 Å². The predicted octanol–water partition coefficient (Wildman–Crippen LogP) is 15.7. The van der Waals surface area contributed by atoms with E-state index in [1.165, 1.54) is 38.9 Å². The predicted molar refractivity (Wildman–Crippen MR) is 263 cm³/mol. The van der Waals surface area contributed by atoms with E-state index in [1.807, 2.05) is 24.3 Å². The third kappa shape index (κ3) is 6.34. The van der Waals surface area contributed by atoms with E-state index in [-0.39, 0.29) is 5.41 Å². The van der Waals surface area contributed by atoms with Gasteiger partial charge in [-0.05, 0) is 109 Å². The number of benzene rings is 9. The van der Waals surface area contributed by atoms with Crippen LogP contribution in [0.25, 0.3) is 112 Å². The fourth-order valence-corrected chi connectivity index (χ4v) is 9.85. The van der Waals surface area contributed by atoms with Crippen molar-refractivity contribution in [1.29, 1.82) is 0 Å². The highest BCUT2D eigenvalue weighted by Crippen LogP contribution is 2.52. The molecule has 2 aromatic heterocycles. The third-order valence-corrected chi connectivity index (χ3v) is 12.9. The van der Waals surface area contributed by atoms with Gasteiger partial charge in [0.05, 0.1) is 0 Å². The Labute approximate surface area is 372 Å². The van der Waals surface area contributed by atoms with Gasteiger partial charge in [0, 0.05) is 32.9 Å². The van der Waals surface area contributed by atoms with Gasteiger partial charge in [-0.2, -0.15) is 0 Å². The Kier molecular flexibility index (Phi) is 8.80. The molecule has 0 N–H and O–H groups in total. The highest BCUT2D eigenvalue weighted by Gasteiger charge is 2.37. The minimum absolute atomic E-state index is 0.186. The molecule has 11 aromatic rings. The van der Waals surface area contributed by atoms with Crippen LogP contribution in [0.3, 0.4) is 0 Å². The van der Waals surface area contributed by atoms with Crippen LogP contribution < -0.4 is 0 Å². The molecule has 12 rings (SSSR count). The lowest BCUT2D eigenvalue weighted by atomic mass is 9.78. The molecule has 0 fully saturated rings. The topological polar surface area (TPSA) is 51.8 Å². The molecule has 302 valence electrons. The standard InChI is InChI=1S/C60H41N3O/c1-60(2)52-29-13-12-25-49(52)50-28-15-27-48(56(50)60)45-34-44(39-19-8-4-9-20-39)35-46(36-45)59-62-57(40-21-10-5-11-22-40)61-58(63-59)43-31-32-51-54(37-43)64-53-30-16-26-47(55(51)53)42-24-14-23-41(33-42)38-17-6-3-7-18-38/h3-37H,1-2H3. The highest BCUT2D eigenvalue weighted by molar-refractivity contribution is 6.13. The molecule has 0 spiro atoms. The summed E-state index contributed by atoms with van der Waals surface area (Å²) in [5, 5.41) is 2.12. The summed E-state index contributed by atoms with van der Waals surface area (Å²) in [5.41, 5.74) is 18.5. The van der Waals surface area contributed by atoms with Crippen molar-refractivity contribution in [3.63, 3.8) is 0 Å². The molecule has 9 aromatic carbocycles. The van der Waals surface area contributed by atoms with Gasteiger partial charge in [-0.25, -0.2) is 15.0 Å². The maximum atomic E-state index is 6.66. The lowest BCUT2D eigenvalue weighted by Gasteiger charge is -2.25. The molecule has 2 heterocycles. The highest BCUT2D eigenvalue weighted by atomic mass is 16.3. The number of hydrogen-bond acceptors (Lipinski definition) is 4. The summed E-state index contributed by atoms with van der Waals surface area (Å²) >= 11 is 0. The summed E-state index contributed by atoms with van der Waals surface area (Å²) in [5.74, 6) is 1.78. The van der Waals surface area contributed by atoms with Gasteiger partial charge in [0.15, 0.2) is 17.5 Å². The van der Waals surface area contributed by atoms with Crippen LogP contribution in [0.2, 0.25) is 0 Å². The van der Waals surface area contributed by atoms with Crippen molar-refractivity contribution < 1.29 is 4.42 Å². The van der Waals surface area contributed by atoms with Crippen molar-refractivity contribution >= 4 is 21.9 Å². The number of hydrogen-bond donors (Lipinski definition) is 0. The molecule has 1 aliphatic carbocycles.